The van der Waals surface area contributed by atoms with E-state index in [1.807, 2.05) is 42.5 Å². The first-order valence-electron chi connectivity index (χ1n) is 5.35. The summed E-state index contributed by atoms with van der Waals surface area (Å²) in [5.41, 5.74) is 2.16. The largest absolute Gasteiger partial charge is 0.192 e. The highest BCUT2D eigenvalue weighted by Gasteiger charge is 2.04. The van der Waals surface area contributed by atoms with Gasteiger partial charge in [0.05, 0.1) is 11.1 Å². The lowest BCUT2D eigenvalue weighted by Crippen LogP contribution is -1.88. The van der Waals surface area contributed by atoms with Gasteiger partial charge in [-0.05, 0) is 24.3 Å². The molecule has 0 amide bonds. The topological polar surface area (TPSA) is 47.6 Å². The Morgan fingerprint density at radius 2 is 1.39 bits per heavy atom. The molecule has 18 heavy (non-hydrogen) atoms. The molecular weight excluding hydrogens is 220 g/mol. The minimum atomic E-state index is 0.337. The summed E-state index contributed by atoms with van der Waals surface area (Å²) in [4.78, 5) is 0. The molecule has 0 aliphatic rings. The lowest BCUT2D eigenvalue weighted by molar-refractivity contribution is 1.42. The molecule has 0 heterocycles. The number of hydrogen-bond acceptors (Lipinski definition) is 2. The molecule has 0 aromatic heterocycles. The van der Waals surface area contributed by atoms with Crippen LogP contribution in [0.5, 0.6) is 0 Å². The van der Waals surface area contributed by atoms with Gasteiger partial charge in [0.15, 0.2) is 0 Å². The summed E-state index contributed by atoms with van der Waals surface area (Å²) in [6.45, 7) is 0. The number of nitrogens with zero attached hydrogens (tertiary/aromatic N) is 2. The molecule has 0 radical (unpaired) electrons. The Morgan fingerprint density at radius 3 is 2.06 bits per heavy atom. The van der Waals surface area contributed by atoms with Crippen molar-refractivity contribution in [3.05, 3.63) is 70.8 Å². The van der Waals surface area contributed by atoms with E-state index in [0.29, 0.717) is 16.7 Å². The first-order chi connectivity index (χ1) is 8.85. The van der Waals surface area contributed by atoms with Gasteiger partial charge in [-0.1, -0.05) is 36.1 Å². The average Bonchev–Trinajstić information content (AvgIpc) is 2.45. The minimum absolute atomic E-state index is 0.337. The summed E-state index contributed by atoms with van der Waals surface area (Å²) in [6, 6.07) is 18.6. The summed E-state index contributed by atoms with van der Waals surface area (Å²) >= 11 is 0. The number of hydrogen-bond donors (Lipinski definition) is 0. The highest BCUT2D eigenvalue weighted by Crippen LogP contribution is 2.12. The van der Waals surface area contributed by atoms with E-state index >= 15 is 0 Å². The van der Waals surface area contributed by atoms with E-state index in [2.05, 4.69) is 11.8 Å². The maximum atomic E-state index is 9.06. The summed E-state index contributed by atoms with van der Waals surface area (Å²) in [6.07, 6.45) is 0. The molecule has 2 heteroatoms. The monoisotopic (exact) mass is 228 g/mol. The normalized spacial score (nSPS) is 8.56. The second-order valence-electron chi connectivity index (χ2n) is 3.57. The molecule has 0 fully saturated rings. The SMILES string of the molecule is N#Cc1cccc(C#Cc2ccccc2)c1C#N. The van der Waals surface area contributed by atoms with Gasteiger partial charge in [-0.15, -0.1) is 0 Å². The zero-order valence-corrected chi connectivity index (χ0v) is 9.51. The Kier molecular flexibility index (Phi) is 3.41. The Hall–Kier alpha value is -3.02. The van der Waals surface area contributed by atoms with E-state index in [9.17, 15) is 0 Å². The first kappa shape index (κ1) is 11.5. The maximum Gasteiger partial charge on any atom is 0.102 e. The standard InChI is InChI=1S/C16H8N2/c17-11-15-8-4-7-14(16(15)12-18)10-9-13-5-2-1-3-6-13/h1-8H. The smallest absolute Gasteiger partial charge is 0.102 e. The Labute approximate surface area is 106 Å². The number of nitriles is 2. The van der Waals surface area contributed by atoms with E-state index in [0.717, 1.165) is 5.56 Å². The molecule has 0 spiro atoms. The van der Waals surface area contributed by atoms with Gasteiger partial charge >= 0.3 is 0 Å². The van der Waals surface area contributed by atoms with Gasteiger partial charge < -0.3 is 0 Å². The molecule has 0 unspecified atom stereocenters. The first-order valence-corrected chi connectivity index (χ1v) is 5.35. The third-order valence-corrected chi connectivity index (χ3v) is 2.41. The highest BCUT2D eigenvalue weighted by atomic mass is 14.3. The number of rotatable bonds is 0. The molecule has 2 rings (SSSR count). The van der Waals surface area contributed by atoms with Gasteiger partial charge in [0.25, 0.3) is 0 Å². The van der Waals surface area contributed by atoms with Gasteiger partial charge in [-0.2, -0.15) is 10.5 Å². The fourth-order valence-electron chi connectivity index (χ4n) is 1.53. The van der Waals surface area contributed by atoms with E-state index in [4.69, 9.17) is 10.5 Å². The van der Waals surface area contributed by atoms with Crippen LogP contribution in [0.3, 0.4) is 0 Å². The molecule has 0 bridgehead atoms. The van der Waals surface area contributed by atoms with Crippen LogP contribution in [0.4, 0.5) is 0 Å². The van der Waals surface area contributed by atoms with Gasteiger partial charge in [0, 0.05) is 11.1 Å². The Bertz CT molecular complexity index is 705. The molecule has 0 atom stereocenters. The Morgan fingerprint density at radius 1 is 0.667 bits per heavy atom. The van der Waals surface area contributed by atoms with Crippen LogP contribution in [0.1, 0.15) is 22.3 Å². The van der Waals surface area contributed by atoms with Crippen molar-refractivity contribution in [3.63, 3.8) is 0 Å². The van der Waals surface area contributed by atoms with Crippen LogP contribution in [0.2, 0.25) is 0 Å². The van der Waals surface area contributed by atoms with E-state index in [1.54, 1.807) is 18.2 Å². The van der Waals surface area contributed by atoms with Crippen LogP contribution < -0.4 is 0 Å². The number of benzene rings is 2. The van der Waals surface area contributed by atoms with Gasteiger partial charge in [-0.25, -0.2) is 0 Å². The summed E-state index contributed by atoms with van der Waals surface area (Å²) in [7, 11) is 0. The van der Waals surface area contributed by atoms with E-state index in [-0.39, 0.29) is 0 Å². The molecule has 82 valence electrons. The van der Waals surface area contributed by atoms with Gasteiger partial charge in [0.2, 0.25) is 0 Å². The van der Waals surface area contributed by atoms with E-state index in [1.165, 1.54) is 0 Å². The summed E-state index contributed by atoms with van der Waals surface area (Å²) in [5.74, 6) is 5.91. The van der Waals surface area contributed by atoms with Crippen LogP contribution in [-0.4, -0.2) is 0 Å². The van der Waals surface area contributed by atoms with Crippen molar-refractivity contribution in [2.24, 2.45) is 0 Å². The fraction of sp³-hybridized carbons (Fsp3) is 0. The summed E-state index contributed by atoms with van der Waals surface area (Å²) in [5, 5.41) is 18.0. The van der Waals surface area contributed by atoms with Crippen molar-refractivity contribution in [1.29, 1.82) is 10.5 Å². The third-order valence-electron chi connectivity index (χ3n) is 2.41. The van der Waals surface area contributed by atoms with Crippen molar-refractivity contribution < 1.29 is 0 Å². The quantitative estimate of drug-likeness (QED) is 0.651. The molecule has 2 nitrogen and oxygen atoms in total. The van der Waals surface area contributed by atoms with Crippen LogP contribution in [0.25, 0.3) is 0 Å². The second-order valence-corrected chi connectivity index (χ2v) is 3.57. The van der Waals surface area contributed by atoms with E-state index < -0.39 is 0 Å². The summed E-state index contributed by atoms with van der Waals surface area (Å²) < 4.78 is 0. The lowest BCUT2D eigenvalue weighted by atomic mass is 10.0. The van der Waals surface area contributed by atoms with Crippen LogP contribution in [-0.2, 0) is 0 Å². The highest BCUT2D eigenvalue weighted by molar-refractivity contribution is 5.57. The van der Waals surface area contributed by atoms with Crippen LogP contribution in [0.15, 0.2) is 48.5 Å². The Balaban J connectivity index is 2.47. The van der Waals surface area contributed by atoms with Crippen LogP contribution in [0, 0.1) is 34.5 Å². The zero-order chi connectivity index (χ0) is 12.8. The third kappa shape index (κ3) is 2.38. The van der Waals surface area contributed by atoms with Crippen LogP contribution >= 0.6 is 0 Å². The van der Waals surface area contributed by atoms with Gasteiger partial charge in [0.1, 0.15) is 12.1 Å². The molecule has 0 saturated carbocycles. The molecule has 0 aliphatic carbocycles. The van der Waals surface area contributed by atoms with Crippen molar-refractivity contribution in [2.45, 2.75) is 0 Å². The molecule has 0 N–H and O–H groups in total. The minimum Gasteiger partial charge on any atom is -0.192 e. The molecule has 0 aliphatic heterocycles. The predicted octanol–water partition coefficient (Wildman–Crippen LogP) is 2.83. The van der Waals surface area contributed by atoms with Crippen molar-refractivity contribution >= 4 is 0 Å². The van der Waals surface area contributed by atoms with Crippen molar-refractivity contribution in [2.75, 3.05) is 0 Å². The van der Waals surface area contributed by atoms with Gasteiger partial charge in [-0.3, -0.25) is 0 Å². The zero-order valence-electron chi connectivity index (χ0n) is 9.51. The van der Waals surface area contributed by atoms with Crippen molar-refractivity contribution in [1.82, 2.24) is 0 Å². The molecule has 0 saturated heterocycles. The average molecular weight is 228 g/mol. The fourth-order valence-corrected chi connectivity index (χ4v) is 1.53. The molecule has 2 aromatic rings. The molecule has 2 aromatic carbocycles. The second kappa shape index (κ2) is 5.35. The van der Waals surface area contributed by atoms with Crippen molar-refractivity contribution in [3.8, 4) is 24.0 Å². The molecular formula is C16H8N2. The maximum absolute atomic E-state index is 9.06. The lowest BCUT2D eigenvalue weighted by Gasteiger charge is -1.96. The predicted molar refractivity (Wildman–Crippen MR) is 68.3 cm³/mol.